The molecule has 0 aliphatic heterocycles. The van der Waals surface area contributed by atoms with E-state index < -0.39 is 0 Å². The molecule has 1 aromatic rings. The van der Waals surface area contributed by atoms with Crippen LogP contribution in [-0.2, 0) is 6.42 Å². The van der Waals surface area contributed by atoms with Crippen LogP contribution in [0.4, 0.5) is 0 Å². The summed E-state index contributed by atoms with van der Waals surface area (Å²) in [5.74, 6) is 3.15. The SMILES string of the molecule is C#CCc1ncc(Br)cn1. The second-order valence-electron chi connectivity index (χ2n) is 1.70. The molecule has 0 fully saturated rings. The molecule has 0 saturated carbocycles. The van der Waals surface area contributed by atoms with Gasteiger partial charge in [0, 0.05) is 12.4 Å². The highest BCUT2D eigenvalue weighted by Gasteiger charge is 1.91. The molecule has 0 bridgehead atoms. The van der Waals surface area contributed by atoms with Crippen molar-refractivity contribution in [2.75, 3.05) is 0 Å². The Hall–Kier alpha value is -0.880. The maximum atomic E-state index is 5.06. The van der Waals surface area contributed by atoms with Crippen molar-refractivity contribution in [3.05, 3.63) is 22.7 Å². The molecule has 0 spiro atoms. The zero-order valence-electron chi connectivity index (χ0n) is 5.21. The van der Waals surface area contributed by atoms with Gasteiger partial charge in [0.25, 0.3) is 0 Å². The van der Waals surface area contributed by atoms with E-state index in [2.05, 4.69) is 31.8 Å². The second-order valence-corrected chi connectivity index (χ2v) is 2.61. The van der Waals surface area contributed by atoms with E-state index in [4.69, 9.17) is 6.42 Å². The maximum absolute atomic E-state index is 5.06. The molecule has 0 N–H and O–H groups in total. The third kappa shape index (κ3) is 1.82. The summed E-state index contributed by atoms with van der Waals surface area (Å²) in [4.78, 5) is 7.94. The van der Waals surface area contributed by atoms with Crippen LogP contribution in [0.1, 0.15) is 5.82 Å². The number of nitrogens with zero attached hydrogens (tertiary/aromatic N) is 2. The molecule has 3 heteroatoms. The van der Waals surface area contributed by atoms with E-state index in [1.165, 1.54) is 0 Å². The third-order valence-corrected chi connectivity index (χ3v) is 1.34. The summed E-state index contributed by atoms with van der Waals surface area (Å²) in [6.07, 6.45) is 8.91. The largest absolute Gasteiger partial charge is 0.239 e. The van der Waals surface area contributed by atoms with Crippen molar-refractivity contribution in [3.63, 3.8) is 0 Å². The second kappa shape index (κ2) is 3.33. The Kier molecular flexibility index (Phi) is 2.41. The summed E-state index contributed by atoms with van der Waals surface area (Å²) in [5, 5.41) is 0. The average molecular weight is 197 g/mol. The van der Waals surface area contributed by atoms with Gasteiger partial charge in [-0.3, -0.25) is 0 Å². The first-order valence-corrected chi connectivity index (χ1v) is 3.52. The highest BCUT2D eigenvalue weighted by atomic mass is 79.9. The number of aromatic nitrogens is 2. The van der Waals surface area contributed by atoms with Crippen molar-refractivity contribution in [2.45, 2.75) is 6.42 Å². The molecule has 0 aliphatic carbocycles. The first-order chi connectivity index (χ1) is 4.83. The molecule has 1 rings (SSSR count). The summed E-state index contributed by atoms with van der Waals surface area (Å²) in [6.45, 7) is 0. The van der Waals surface area contributed by atoms with E-state index >= 15 is 0 Å². The summed E-state index contributed by atoms with van der Waals surface area (Å²) in [6, 6.07) is 0. The van der Waals surface area contributed by atoms with Crippen molar-refractivity contribution < 1.29 is 0 Å². The molecule has 0 aromatic carbocycles. The first kappa shape index (κ1) is 7.23. The van der Waals surface area contributed by atoms with Crippen LogP contribution < -0.4 is 0 Å². The van der Waals surface area contributed by atoms with E-state index in [0.29, 0.717) is 12.2 Å². The van der Waals surface area contributed by atoms with Gasteiger partial charge in [-0.25, -0.2) is 9.97 Å². The number of rotatable bonds is 1. The van der Waals surface area contributed by atoms with Gasteiger partial charge in [0.1, 0.15) is 5.82 Å². The van der Waals surface area contributed by atoms with Crippen molar-refractivity contribution in [2.24, 2.45) is 0 Å². The third-order valence-electron chi connectivity index (χ3n) is 0.934. The van der Waals surface area contributed by atoms with Gasteiger partial charge in [-0.05, 0) is 15.9 Å². The van der Waals surface area contributed by atoms with Gasteiger partial charge in [0.2, 0.25) is 0 Å². The zero-order chi connectivity index (χ0) is 7.40. The standard InChI is InChI=1S/C7H5BrN2/c1-2-3-7-9-4-6(8)5-10-7/h1,4-5H,3H2. The summed E-state index contributed by atoms with van der Waals surface area (Å²) in [7, 11) is 0. The monoisotopic (exact) mass is 196 g/mol. The highest BCUT2D eigenvalue weighted by molar-refractivity contribution is 9.10. The molecule has 10 heavy (non-hydrogen) atoms. The lowest BCUT2D eigenvalue weighted by atomic mass is 10.4. The lowest BCUT2D eigenvalue weighted by Gasteiger charge is -1.91. The molecule has 0 unspecified atom stereocenters. The topological polar surface area (TPSA) is 25.8 Å². The van der Waals surface area contributed by atoms with E-state index in [1.807, 2.05) is 0 Å². The average Bonchev–Trinajstić information content (AvgIpc) is 1.95. The van der Waals surface area contributed by atoms with Gasteiger partial charge in [0.15, 0.2) is 0 Å². The number of halogens is 1. The lowest BCUT2D eigenvalue weighted by Crippen LogP contribution is -1.90. The minimum absolute atomic E-state index is 0.493. The molecule has 0 radical (unpaired) electrons. The molecule has 2 nitrogen and oxygen atoms in total. The minimum Gasteiger partial charge on any atom is -0.239 e. The van der Waals surface area contributed by atoms with Crippen LogP contribution in [0.15, 0.2) is 16.9 Å². The molecular weight excluding hydrogens is 192 g/mol. The van der Waals surface area contributed by atoms with Crippen molar-refractivity contribution in [1.82, 2.24) is 9.97 Å². The number of hydrogen-bond acceptors (Lipinski definition) is 2. The Balaban J connectivity index is 2.81. The van der Waals surface area contributed by atoms with E-state index in [9.17, 15) is 0 Å². The lowest BCUT2D eigenvalue weighted by molar-refractivity contribution is 0.996. The summed E-state index contributed by atoms with van der Waals surface area (Å²) in [5.41, 5.74) is 0. The molecule has 50 valence electrons. The van der Waals surface area contributed by atoms with Gasteiger partial charge in [0.05, 0.1) is 10.9 Å². The fourth-order valence-electron chi connectivity index (χ4n) is 0.522. The Morgan fingerprint density at radius 3 is 2.60 bits per heavy atom. The smallest absolute Gasteiger partial charge is 0.140 e. The Morgan fingerprint density at radius 2 is 2.10 bits per heavy atom. The van der Waals surface area contributed by atoms with Crippen LogP contribution in [-0.4, -0.2) is 9.97 Å². The first-order valence-electron chi connectivity index (χ1n) is 2.73. The van der Waals surface area contributed by atoms with Gasteiger partial charge in [-0.15, -0.1) is 6.42 Å². The molecule has 1 aromatic heterocycles. The Morgan fingerprint density at radius 1 is 1.50 bits per heavy atom. The quantitative estimate of drug-likeness (QED) is 0.636. The molecule has 0 atom stereocenters. The normalized spacial score (nSPS) is 8.80. The molecule has 0 amide bonds. The Bertz CT molecular complexity index is 247. The molecule has 1 heterocycles. The highest BCUT2D eigenvalue weighted by Crippen LogP contribution is 2.03. The minimum atomic E-state index is 0.493. The van der Waals surface area contributed by atoms with Crippen molar-refractivity contribution in [3.8, 4) is 12.3 Å². The van der Waals surface area contributed by atoms with E-state index in [-0.39, 0.29) is 0 Å². The number of terminal acetylenes is 1. The van der Waals surface area contributed by atoms with Crippen LogP contribution in [0.3, 0.4) is 0 Å². The van der Waals surface area contributed by atoms with Crippen molar-refractivity contribution >= 4 is 15.9 Å². The van der Waals surface area contributed by atoms with Crippen LogP contribution in [0.5, 0.6) is 0 Å². The predicted octanol–water partition coefficient (Wildman–Crippen LogP) is 1.41. The zero-order valence-corrected chi connectivity index (χ0v) is 6.80. The van der Waals surface area contributed by atoms with E-state index in [0.717, 1.165) is 4.47 Å². The van der Waals surface area contributed by atoms with Crippen molar-refractivity contribution in [1.29, 1.82) is 0 Å². The van der Waals surface area contributed by atoms with E-state index in [1.54, 1.807) is 12.4 Å². The van der Waals surface area contributed by atoms with Gasteiger partial charge in [-0.2, -0.15) is 0 Å². The summed E-state index contributed by atoms with van der Waals surface area (Å²) >= 11 is 3.22. The van der Waals surface area contributed by atoms with Crippen LogP contribution >= 0.6 is 15.9 Å². The van der Waals surface area contributed by atoms with Crippen LogP contribution in [0.25, 0.3) is 0 Å². The molecular formula is C7H5BrN2. The molecule has 0 saturated heterocycles. The van der Waals surface area contributed by atoms with Gasteiger partial charge < -0.3 is 0 Å². The van der Waals surface area contributed by atoms with Gasteiger partial charge in [-0.1, -0.05) is 5.92 Å². The number of hydrogen-bond donors (Lipinski definition) is 0. The van der Waals surface area contributed by atoms with Gasteiger partial charge >= 0.3 is 0 Å². The van der Waals surface area contributed by atoms with Crippen LogP contribution in [0, 0.1) is 12.3 Å². The fourth-order valence-corrected chi connectivity index (χ4v) is 0.726. The maximum Gasteiger partial charge on any atom is 0.140 e. The molecule has 0 aliphatic rings. The fraction of sp³-hybridized carbons (Fsp3) is 0.143. The summed E-state index contributed by atoms with van der Waals surface area (Å²) < 4.78 is 0.869. The Labute approximate surface area is 67.8 Å². The predicted molar refractivity (Wildman–Crippen MR) is 42.3 cm³/mol. The van der Waals surface area contributed by atoms with Crippen LogP contribution in [0.2, 0.25) is 0 Å².